The number of hydrogen-bond acceptors (Lipinski definition) is 8. The normalized spacial score (nSPS) is 11.1. The summed E-state index contributed by atoms with van der Waals surface area (Å²) in [6, 6.07) is 22.7. The fourth-order valence-corrected chi connectivity index (χ4v) is 5.72. The molecule has 14 nitrogen and oxygen atoms in total. The van der Waals surface area contributed by atoms with E-state index in [9.17, 15) is 19.2 Å². The predicted molar refractivity (Wildman–Crippen MR) is 192 cm³/mol. The van der Waals surface area contributed by atoms with Gasteiger partial charge in [-0.3, -0.25) is 37.6 Å². The number of rotatable bonds is 8. The third-order valence-corrected chi connectivity index (χ3v) is 8.78. The molecule has 0 amide bonds. The van der Waals surface area contributed by atoms with Gasteiger partial charge in [0.05, 0.1) is 40.1 Å². The number of hydrogen-bond donors (Lipinski definition) is 1. The summed E-state index contributed by atoms with van der Waals surface area (Å²) in [6.45, 7) is 1.15. The highest BCUT2D eigenvalue weighted by atomic mass is 79.9. The molecule has 256 valence electrons. The first kappa shape index (κ1) is 33.9. The Bertz CT molecular complexity index is 2540. The van der Waals surface area contributed by atoms with Crippen LogP contribution in [0.3, 0.4) is 0 Å². The second-order valence-electron chi connectivity index (χ2n) is 11.5. The Labute approximate surface area is 292 Å². The number of halogens is 1. The molecule has 0 saturated heterocycles. The molecular weight excluding hydrogens is 708 g/mol. The average molecular weight is 742 g/mol. The van der Waals surface area contributed by atoms with Crippen LogP contribution >= 0.6 is 15.9 Å². The molecule has 0 spiro atoms. The maximum Gasteiger partial charge on any atom is 0.332 e. The van der Waals surface area contributed by atoms with E-state index < -0.39 is 5.69 Å². The molecular formula is C35H33BrN8O6. The molecule has 3 aromatic carbocycles. The molecule has 0 unspecified atom stereocenters. The number of nitrogens with zero attached hydrogens (tertiary/aromatic N) is 7. The number of H-pyrrole nitrogens is 1. The molecule has 7 rings (SSSR count). The van der Waals surface area contributed by atoms with Crippen molar-refractivity contribution in [1.82, 2.24) is 38.2 Å². The summed E-state index contributed by atoms with van der Waals surface area (Å²) >= 11 is 3.42. The van der Waals surface area contributed by atoms with E-state index in [1.807, 2.05) is 72.8 Å². The van der Waals surface area contributed by atoms with Gasteiger partial charge in [-0.1, -0.05) is 52.3 Å². The van der Waals surface area contributed by atoms with E-state index in [4.69, 9.17) is 9.47 Å². The Morgan fingerprint density at radius 3 is 1.70 bits per heavy atom. The molecule has 7 aromatic rings. The van der Waals surface area contributed by atoms with Gasteiger partial charge < -0.3 is 9.47 Å². The van der Waals surface area contributed by atoms with Crippen molar-refractivity contribution in [2.45, 2.75) is 19.6 Å². The number of methoxy groups -OCH3 is 2. The lowest BCUT2D eigenvalue weighted by atomic mass is 10.2. The molecule has 0 fully saturated rings. The van der Waals surface area contributed by atoms with Gasteiger partial charge in [0.2, 0.25) is 0 Å². The minimum atomic E-state index is -0.396. The Morgan fingerprint density at radius 2 is 1.14 bits per heavy atom. The van der Waals surface area contributed by atoms with Crippen LogP contribution in [-0.2, 0) is 33.7 Å². The number of aromatic amines is 1. The molecule has 0 radical (unpaired) electrons. The van der Waals surface area contributed by atoms with Crippen molar-refractivity contribution in [3.8, 4) is 11.5 Å². The lowest BCUT2D eigenvalue weighted by Crippen LogP contribution is -2.38. The topological polar surface area (TPSA) is 153 Å². The molecule has 1 N–H and O–H groups in total. The molecule has 0 atom stereocenters. The van der Waals surface area contributed by atoms with Crippen LogP contribution in [0, 0.1) is 0 Å². The lowest BCUT2D eigenvalue weighted by molar-refractivity contribution is 0.414. The highest BCUT2D eigenvalue weighted by Crippen LogP contribution is 2.16. The smallest absolute Gasteiger partial charge is 0.332 e. The van der Waals surface area contributed by atoms with E-state index in [0.29, 0.717) is 41.7 Å². The molecule has 0 aliphatic carbocycles. The molecule has 0 saturated carbocycles. The minimum absolute atomic E-state index is 0.308. The van der Waals surface area contributed by atoms with Crippen LogP contribution in [0.4, 0.5) is 0 Å². The van der Waals surface area contributed by atoms with E-state index in [-0.39, 0.29) is 16.8 Å². The number of benzene rings is 3. The van der Waals surface area contributed by atoms with Gasteiger partial charge in [-0.25, -0.2) is 9.59 Å². The highest BCUT2D eigenvalue weighted by molar-refractivity contribution is 9.10. The molecule has 4 heterocycles. The summed E-state index contributed by atoms with van der Waals surface area (Å²) in [4.78, 5) is 49.7. The van der Waals surface area contributed by atoms with Crippen molar-refractivity contribution in [2.75, 3.05) is 14.2 Å². The van der Waals surface area contributed by atoms with Crippen LogP contribution in [-0.4, -0.2) is 52.5 Å². The number of aromatic nitrogens is 8. The second-order valence-corrected chi connectivity index (χ2v) is 12.4. The van der Waals surface area contributed by atoms with Crippen LogP contribution in [0.15, 0.2) is 109 Å². The highest BCUT2D eigenvalue weighted by Gasteiger charge is 2.16. The predicted octanol–water partition coefficient (Wildman–Crippen LogP) is 3.24. The van der Waals surface area contributed by atoms with Gasteiger partial charge in [-0.05, 0) is 53.1 Å². The summed E-state index contributed by atoms with van der Waals surface area (Å²) < 4.78 is 18.2. The monoisotopic (exact) mass is 740 g/mol. The fourth-order valence-electron chi connectivity index (χ4n) is 5.46. The first-order chi connectivity index (χ1) is 24.1. The Balaban J connectivity index is 0.000000182. The minimum Gasteiger partial charge on any atom is -0.497 e. The van der Waals surface area contributed by atoms with Gasteiger partial charge in [0.15, 0.2) is 5.65 Å². The van der Waals surface area contributed by atoms with Crippen LogP contribution in [0.1, 0.15) is 16.7 Å². The molecule has 4 aromatic heterocycles. The quantitative estimate of drug-likeness (QED) is 0.249. The van der Waals surface area contributed by atoms with Crippen LogP contribution in [0.25, 0.3) is 22.1 Å². The van der Waals surface area contributed by atoms with E-state index in [0.717, 1.165) is 41.8 Å². The van der Waals surface area contributed by atoms with Gasteiger partial charge in [0.1, 0.15) is 27.9 Å². The lowest BCUT2D eigenvalue weighted by Gasteiger charge is -2.09. The Morgan fingerprint density at radius 1 is 0.660 bits per heavy atom. The molecule has 15 heteroatoms. The van der Waals surface area contributed by atoms with Gasteiger partial charge in [0.25, 0.3) is 11.1 Å². The van der Waals surface area contributed by atoms with Crippen LogP contribution < -0.4 is 32.0 Å². The fraction of sp³-hybridized carbons (Fsp3) is 0.200. The number of fused-ring (bicyclic) bond motifs is 2. The van der Waals surface area contributed by atoms with Crippen molar-refractivity contribution in [2.24, 2.45) is 14.1 Å². The third-order valence-electron chi connectivity index (χ3n) is 8.25. The molecule has 50 heavy (non-hydrogen) atoms. The largest absolute Gasteiger partial charge is 0.497 e. The summed E-state index contributed by atoms with van der Waals surface area (Å²) in [7, 11) is 6.15. The van der Waals surface area contributed by atoms with Gasteiger partial charge in [-0.2, -0.15) is 10.2 Å². The standard InChI is InChI=1S/C21H19BrN4O3.C14H14N4O3/c1-24-20(27)18-13-25(11-14-3-7-16(22)8-4-14)23-19(18)26(21(24)28)12-15-5-9-17(29-2)10-6-15;1-17-13(19)11-7-15-16-12(11)18(14(17)20)8-9-3-5-10(21-2)6-4-9/h3-10,13H,11-12H2,1-2H3;3-7H,8H2,1-2H3,(H,15,16). The zero-order valence-corrected chi connectivity index (χ0v) is 29.2. The van der Waals surface area contributed by atoms with Crippen LogP contribution in [0.2, 0.25) is 0 Å². The molecule has 0 aliphatic heterocycles. The van der Waals surface area contributed by atoms with Gasteiger partial charge in [0, 0.05) is 24.8 Å². The number of ether oxygens (including phenoxy) is 2. The van der Waals surface area contributed by atoms with Crippen molar-refractivity contribution >= 4 is 38.0 Å². The summed E-state index contributed by atoms with van der Waals surface area (Å²) in [5.74, 6) is 1.49. The third kappa shape index (κ3) is 6.80. The average Bonchev–Trinajstić information content (AvgIpc) is 3.80. The Kier molecular flexibility index (Phi) is 9.67. The van der Waals surface area contributed by atoms with E-state index >= 15 is 0 Å². The van der Waals surface area contributed by atoms with Crippen molar-refractivity contribution in [1.29, 1.82) is 0 Å². The van der Waals surface area contributed by atoms with Gasteiger partial charge in [-0.15, -0.1) is 0 Å². The molecule has 0 aliphatic rings. The Hall–Kier alpha value is -5.96. The van der Waals surface area contributed by atoms with Crippen LogP contribution in [0.5, 0.6) is 11.5 Å². The second kappa shape index (κ2) is 14.3. The molecule has 0 bridgehead atoms. The number of nitrogens with one attached hydrogen (secondary N) is 1. The first-order valence-corrected chi connectivity index (χ1v) is 16.2. The first-order valence-electron chi connectivity index (χ1n) is 15.4. The maximum atomic E-state index is 12.8. The zero-order chi connectivity index (χ0) is 35.5. The SMILES string of the molecule is COc1ccc(Cn2c(=O)n(C)c(=O)c3cn(Cc4ccc(Br)cc4)nc32)cc1.COc1ccc(Cn2c(=O)n(C)c(=O)c3cn[nH]c32)cc1. The van der Waals surface area contributed by atoms with E-state index in [1.54, 1.807) is 25.1 Å². The summed E-state index contributed by atoms with van der Waals surface area (Å²) in [6.07, 6.45) is 3.13. The van der Waals surface area contributed by atoms with Crippen molar-refractivity contribution in [3.05, 3.63) is 148 Å². The van der Waals surface area contributed by atoms with Crippen molar-refractivity contribution in [3.63, 3.8) is 0 Å². The summed E-state index contributed by atoms with van der Waals surface area (Å²) in [5, 5.41) is 11.9. The zero-order valence-electron chi connectivity index (χ0n) is 27.7. The van der Waals surface area contributed by atoms with E-state index in [2.05, 4.69) is 31.2 Å². The van der Waals surface area contributed by atoms with Crippen molar-refractivity contribution < 1.29 is 9.47 Å². The maximum absolute atomic E-state index is 12.8. The summed E-state index contributed by atoms with van der Waals surface area (Å²) in [5.41, 5.74) is 2.21. The van der Waals surface area contributed by atoms with E-state index in [1.165, 1.54) is 29.4 Å². The van der Waals surface area contributed by atoms with Gasteiger partial charge >= 0.3 is 11.4 Å².